The van der Waals surface area contributed by atoms with E-state index in [1.54, 1.807) is 6.92 Å². The first-order chi connectivity index (χ1) is 8.06. The van der Waals surface area contributed by atoms with Crippen LogP contribution in [0.15, 0.2) is 18.2 Å². The highest BCUT2D eigenvalue weighted by Gasteiger charge is 2.15. The van der Waals surface area contributed by atoms with Crippen molar-refractivity contribution in [1.82, 2.24) is 0 Å². The van der Waals surface area contributed by atoms with Crippen LogP contribution in [0.5, 0.6) is 0 Å². The first-order valence-electron chi connectivity index (χ1n) is 5.69. The van der Waals surface area contributed by atoms with Crippen molar-refractivity contribution in [2.75, 3.05) is 23.8 Å². The van der Waals surface area contributed by atoms with Crippen LogP contribution >= 0.6 is 0 Å². The fourth-order valence-electron chi connectivity index (χ4n) is 2.03. The molecule has 1 aromatic carbocycles. The van der Waals surface area contributed by atoms with Crippen molar-refractivity contribution >= 4 is 23.1 Å². The second-order valence-corrected chi connectivity index (χ2v) is 4.45. The van der Waals surface area contributed by atoms with Crippen molar-refractivity contribution in [3.05, 3.63) is 23.8 Å². The van der Waals surface area contributed by atoms with Gasteiger partial charge >= 0.3 is 0 Å². The number of Topliss-reactive ketones (excluding diaryl/α,β-unsaturated/α-hetero) is 1. The highest BCUT2D eigenvalue weighted by atomic mass is 16.1. The zero-order valence-electron chi connectivity index (χ0n) is 10.1. The number of nitrogens with zero attached hydrogens (tertiary/aromatic N) is 1. The maximum Gasteiger partial charge on any atom is 0.224 e. The zero-order valence-corrected chi connectivity index (χ0v) is 10.1. The van der Waals surface area contributed by atoms with E-state index in [9.17, 15) is 9.59 Å². The van der Waals surface area contributed by atoms with Crippen LogP contribution in [0.2, 0.25) is 0 Å². The fraction of sp³-hybridized carbons (Fsp3) is 0.385. The number of aryl methyl sites for hydroxylation is 1. The minimum absolute atomic E-state index is 0.0716. The number of fused-ring (bicyclic) bond motifs is 1. The third-order valence-corrected chi connectivity index (χ3v) is 2.88. The van der Waals surface area contributed by atoms with E-state index in [0.717, 1.165) is 23.4 Å². The molecule has 0 spiro atoms. The molecule has 0 fully saturated rings. The van der Waals surface area contributed by atoms with Crippen LogP contribution in [-0.2, 0) is 16.0 Å². The minimum atomic E-state index is 0.0716. The van der Waals surface area contributed by atoms with Crippen molar-refractivity contribution in [3.8, 4) is 0 Å². The van der Waals surface area contributed by atoms with Crippen LogP contribution in [0, 0.1) is 0 Å². The second kappa shape index (κ2) is 4.57. The molecule has 4 nitrogen and oxygen atoms in total. The van der Waals surface area contributed by atoms with Crippen molar-refractivity contribution < 1.29 is 9.59 Å². The highest BCUT2D eigenvalue weighted by Crippen LogP contribution is 2.26. The smallest absolute Gasteiger partial charge is 0.224 e. The summed E-state index contributed by atoms with van der Waals surface area (Å²) in [5, 5.41) is 2.84. The number of nitrogens with one attached hydrogen (secondary N) is 1. The Bertz CT molecular complexity index is 468. The maximum absolute atomic E-state index is 11.2. The first kappa shape index (κ1) is 11.6. The van der Waals surface area contributed by atoms with Gasteiger partial charge < -0.3 is 10.2 Å². The number of carbonyl (C=O) groups excluding carboxylic acids is 2. The number of ketones is 1. The number of benzene rings is 1. The molecule has 90 valence electrons. The van der Waals surface area contributed by atoms with E-state index in [1.165, 1.54) is 0 Å². The lowest BCUT2D eigenvalue weighted by molar-refractivity contribution is -0.116. The van der Waals surface area contributed by atoms with E-state index in [1.807, 2.05) is 30.1 Å². The van der Waals surface area contributed by atoms with Gasteiger partial charge in [-0.3, -0.25) is 9.59 Å². The monoisotopic (exact) mass is 232 g/mol. The lowest BCUT2D eigenvalue weighted by Crippen LogP contribution is -2.24. The molecule has 0 unspecified atom stereocenters. The number of amides is 1. The van der Waals surface area contributed by atoms with E-state index >= 15 is 0 Å². The van der Waals surface area contributed by atoms with Crippen LogP contribution in [0.25, 0.3) is 0 Å². The summed E-state index contributed by atoms with van der Waals surface area (Å²) in [6, 6.07) is 5.86. The highest BCUT2D eigenvalue weighted by molar-refractivity contribution is 5.94. The molecule has 0 radical (unpaired) electrons. The summed E-state index contributed by atoms with van der Waals surface area (Å²) in [7, 11) is 1.89. The number of hydrogen-bond donors (Lipinski definition) is 1. The Labute approximate surface area is 101 Å². The van der Waals surface area contributed by atoms with E-state index in [4.69, 9.17) is 0 Å². The molecule has 1 aromatic rings. The van der Waals surface area contributed by atoms with E-state index < -0.39 is 0 Å². The predicted molar refractivity (Wildman–Crippen MR) is 67.3 cm³/mol. The van der Waals surface area contributed by atoms with Gasteiger partial charge in [0.2, 0.25) is 5.91 Å². The molecule has 1 N–H and O–H groups in total. The third-order valence-electron chi connectivity index (χ3n) is 2.88. The van der Waals surface area contributed by atoms with Crippen LogP contribution < -0.4 is 10.2 Å². The van der Waals surface area contributed by atoms with Gasteiger partial charge in [0.25, 0.3) is 0 Å². The molecule has 1 heterocycles. The van der Waals surface area contributed by atoms with Gasteiger partial charge in [0.05, 0.1) is 6.54 Å². The number of hydrogen-bond acceptors (Lipinski definition) is 3. The summed E-state index contributed by atoms with van der Waals surface area (Å²) in [4.78, 5) is 24.2. The summed E-state index contributed by atoms with van der Waals surface area (Å²) in [6.45, 7) is 1.99. The van der Waals surface area contributed by atoms with Gasteiger partial charge in [-0.2, -0.15) is 0 Å². The summed E-state index contributed by atoms with van der Waals surface area (Å²) in [5.41, 5.74) is 3.04. The van der Waals surface area contributed by atoms with Crippen LogP contribution in [-0.4, -0.2) is 25.3 Å². The molecule has 0 bridgehead atoms. The van der Waals surface area contributed by atoms with Crippen molar-refractivity contribution in [2.24, 2.45) is 0 Å². The van der Waals surface area contributed by atoms with Crippen LogP contribution in [0.1, 0.15) is 18.9 Å². The SMILES string of the molecule is CC(=O)CN(C)c1ccc2c(c1)CCC(=O)N2. The van der Waals surface area contributed by atoms with Gasteiger partial charge in [-0.25, -0.2) is 0 Å². The quantitative estimate of drug-likeness (QED) is 0.861. The van der Waals surface area contributed by atoms with E-state index in [2.05, 4.69) is 5.32 Å². The van der Waals surface area contributed by atoms with Crippen molar-refractivity contribution in [3.63, 3.8) is 0 Å². The Kier molecular flexibility index (Phi) is 3.13. The van der Waals surface area contributed by atoms with Gasteiger partial charge in [-0.15, -0.1) is 0 Å². The molecule has 4 heteroatoms. The topological polar surface area (TPSA) is 49.4 Å². The molecule has 1 amide bonds. The van der Waals surface area contributed by atoms with Crippen LogP contribution in [0.4, 0.5) is 11.4 Å². The second-order valence-electron chi connectivity index (χ2n) is 4.45. The molecular formula is C13H16N2O2. The summed E-state index contributed by atoms with van der Waals surface area (Å²) in [5.74, 6) is 0.209. The Balaban J connectivity index is 2.21. The molecule has 0 saturated heterocycles. The molecular weight excluding hydrogens is 216 g/mol. The largest absolute Gasteiger partial charge is 0.367 e. The number of anilines is 2. The fourth-order valence-corrected chi connectivity index (χ4v) is 2.03. The van der Waals surface area contributed by atoms with E-state index in [-0.39, 0.29) is 11.7 Å². The Morgan fingerprint density at radius 2 is 2.18 bits per heavy atom. The Morgan fingerprint density at radius 3 is 2.88 bits per heavy atom. The lowest BCUT2D eigenvalue weighted by atomic mass is 10.0. The number of likely N-dealkylation sites (N-methyl/N-ethyl adjacent to an activating group) is 1. The summed E-state index contributed by atoms with van der Waals surface area (Å²) < 4.78 is 0. The third kappa shape index (κ3) is 2.64. The predicted octanol–water partition coefficient (Wildman–Crippen LogP) is 1.60. The first-order valence-corrected chi connectivity index (χ1v) is 5.69. The van der Waals surface area contributed by atoms with Crippen molar-refractivity contribution in [2.45, 2.75) is 19.8 Å². The normalized spacial score (nSPS) is 13.9. The molecule has 1 aliphatic rings. The van der Waals surface area contributed by atoms with Gasteiger partial charge in [0.15, 0.2) is 0 Å². The van der Waals surface area contributed by atoms with Gasteiger partial charge in [0.1, 0.15) is 5.78 Å². The van der Waals surface area contributed by atoms with Crippen molar-refractivity contribution in [1.29, 1.82) is 0 Å². The standard InChI is InChI=1S/C13H16N2O2/c1-9(16)8-15(2)11-4-5-12-10(7-11)3-6-13(17)14-12/h4-5,7H,3,6,8H2,1-2H3,(H,14,17). The van der Waals surface area contributed by atoms with Gasteiger partial charge in [-0.05, 0) is 37.1 Å². The molecule has 2 rings (SSSR count). The molecule has 0 atom stereocenters. The molecule has 17 heavy (non-hydrogen) atoms. The molecule has 0 saturated carbocycles. The minimum Gasteiger partial charge on any atom is -0.367 e. The van der Waals surface area contributed by atoms with E-state index in [0.29, 0.717) is 13.0 Å². The maximum atomic E-state index is 11.2. The summed E-state index contributed by atoms with van der Waals surface area (Å²) >= 11 is 0. The zero-order chi connectivity index (χ0) is 12.4. The molecule has 1 aliphatic heterocycles. The number of carbonyl (C=O) groups is 2. The lowest BCUT2D eigenvalue weighted by Gasteiger charge is -2.22. The van der Waals surface area contributed by atoms with Gasteiger partial charge in [0, 0.05) is 24.8 Å². The Morgan fingerprint density at radius 1 is 1.41 bits per heavy atom. The van der Waals surface area contributed by atoms with Gasteiger partial charge in [-0.1, -0.05) is 0 Å². The number of rotatable bonds is 3. The average molecular weight is 232 g/mol. The van der Waals surface area contributed by atoms with Crippen LogP contribution in [0.3, 0.4) is 0 Å². The Hall–Kier alpha value is -1.84. The molecule has 0 aromatic heterocycles. The average Bonchev–Trinajstić information content (AvgIpc) is 2.27. The summed E-state index contributed by atoms with van der Waals surface area (Å²) in [6.07, 6.45) is 1.30. The molecule has 0 aliphatic carbocycles.